The van der Waals surface area contributed by atoms with Gasteiger partial charge in [0.1, 0.15) is 0 Å². The Kier molecular flexibility index (Phi) is 3.91. The van der Waals surface area contributed by atoms with Crippen LogP contribution in [0, 0.1) is 11.3 Å². The SMILES string of the molecule is CNCC(C)(CCSC)C1CC1. The first-order chi connectivity index (χ1) is 5.73. The maximum atomic E-state index is 3.33. The quantitative estimate of drug-likeness (QED) is 0.685. The van der Waals surface area contributed by atoms with Gasteiger partial charge in [0.2, 0.25) is 0 Å². The number of hydrogen-bond acceptors (Lipinski definition) is 2. The van der Waals surface area contributed by atoms with Crippen molar-refractivity contribution in [3.63, 3.8) is 0 Å². The monoisotopic (exact) mass is 187 g/mol. The van der Waals surface area contributed by atoms with Gasteiger partial charge in [-0.15, -0.1) is 0 Å². The smallest absolute Gasteiger partial charge is 0.000511 e. The van der Waals surface area contributed by atoms with E-state index in [0.717, 1.165) is 5.92 Å². The molecule has 1 rings (SSSR count). The second-order valence-corrected chi connectivity index (χ2v) is 5.19. The highest BCUT2D eigenvalue weighted by atomic mass is 32.2. The fraction of sp³-hybridized carbons (Fsp3) is 1.00. The predicted molar refractivity (Wildman–Crippen MR) is 57.8 cm³/mol. The van der Waals surface area contributed by atoms with E-state index in [-0.39, 0.29) is 0 Å². The average Bonchev–Trinajstić information content (AvgIpc) is 2.84. The van der Waals surface area contributed by atoms with E-state index in [9.17, 15) is 0 Å². The van der Waals surface area contributed by atoms with Gasteiger partial charge in [0.25, 0.3) is 0 Å². The lowest BCUT2D eigenvalue weighted by Gasteiger charge is -2.29. The van der Waals surface area contributed by atoms with Gasteiger partial charge in [-0.25, -0.2) is 0 Å². The molecule has 0 spiro atoms. The van der Waals surface area contributed by atoms with Crippen LogP contribution in [0.25, 0.3) is 0 Å². The van der Waals surface area contributed by atoms with Gasteiger partial charge in [0, 0.05) is 6.54 Å². The van der Waals surface area contributed by atoms with Crippen molar-refractivity contribution in [2.75, 3.05) is 25.6 Å². The molecule has 0 aliphatic heterocycles. The zero-order chi connectivity index (χ0) is 9.03. The van der Waals surface area contributed by atoms with Crippen LogP contribution in [-0.4, -0.2) is 25.6 Å². The Morgan fingerprint density at radius 3 is 2.58 bits per heavy atom. The van der Waals surface area contributed by atoms with Crippen LogP contribution in [0.3, 0.4) is 0 Å². The Morgan fingerprint density at radius 2 is 2.17 bits per heavy atom. The van der Waals surface area contributed by atoms with E-state index in [1.807, 2.05) is 11.8 Å². The van der Waals surface area contributed by atoms with Crippen LogP contribution in [0.4, 0.5) is 0 Å². The molecule has 0 saturated heterocycles. The molecular formula is C10H21NS. The summed E-state index contributed by atoms with van der Waals surface area (Å²) >= 11 is 1.97. The fourth-order valence-corrected chi connectivity index (χ4v) is 2.63. The molecule has 1 saturated carbocycles. The van der Waals surface area contributed by atoms with Gasteiger partial charge in [-0.2, -0.15) is 11.8 Å². The van der Waals surface area contributed by atoms with Crippen molar-refractivity contribution >= 4 is 11.8 Å². The molecule has 0 bridgehead atoms. The summed E-state index contributed by atoms with van der Waals surface area (Å²) in [7, 11) is 2.07. The van der Waals surface area contributed by atoms with Gasteiger partial charge < -0.3 is 5.32 Å². The van der Waals surface area contributed by atoms with E-state index < -0.39 is 0 Å². The van der Waals surface area contributed by atoms with Crippen LogP contribution in [0.5, 0.6) is 0 Å². The lowest BCUT2D eigenvalue weighted by atomic mass is 9.82. The molecule has 0 aromatic carbocycles. The zero-order valence-electron chi connectivity index (χ0n) is 8.52. The lowest BCUT2D eigenvalue weighted by Crippen LogP contribution is -2.32. The summed E-state index contributed by atoms with van der Waals surface area (Å²) in [6.45, 7) is 3.63. The minimum Gasteiger partial charge on any atom is -0.319 e. The number of rotatable bonds is 6. The molecule has 0 amide bonds. The molecule has 12 heavy (non-hydrogen) atoms. The zero-order valence-corrected chi connectivity index (χ0v) is 9.34. The van der Waals surface area contributed by atoms with Crippen LogP contribution >= 0.6 is 11.8 Å². The lowest BCUT2D eigenvalue weighted by molar-refractivity contribution is 0.257. The Hall–Kier alpha value is 0.310. The molecule has 1 aliphatic carbocycles. The first kappa shape index (κ1) is 10.4. The molecule has 0 radical (unpaired) electrons. The highest BCUT2D eigenvalue weighted by Gasteiger charge is 2.40. The van der Waals surface area contributed by atoms with Crippen molar-refractivity contribution in [3.05, 3.63) is 0 Å². The third kappa shape index (κ3) is 2.67. The summed E-state index contributed by atoms with van der Waals surface area (Å²) in [4.78, 5) is 0. The highest BCUT2D eigenvalue weighted by molar-refractivity contribution is 7.98. The molecule has 1 fully saturated rings. The Morgan fingerprint density at radius 1 is 1.50 bits per heavy atom. The molecule has 1 aliphatic rings. The number of nitrogens with one attached hydrogen (secondary N) is 1. The van der Waals surface area contributed by atoms with Crippen LogP contribution in [0.1, 0.15) is 26.2 Å². The standard InChI is InChI=1S/C10H21NS/c1-10(8-11-2,6-7-12-3)9-4-5-9/h9,11H,4-8H2,1-3H3. The maximum Gasteiger partial charge on any atom is 0.000511 e. The Balaban J connectivity index is 2.34. The molecule has 1 nitrogen and oxygen atoms in total. The maximum absolute atomic E-state index is 3.33. The first-order valence-electron chi connectivity index (χ1n) is 4.86. The summed E-state index contributed by atoms with van der Waals surface area (Å²) in [5, 5.41) is 3.33. The van der Waals surface area contributed by atoms with Gasteiger partial charge in [-0.1, -0.05) is 6.92 Å². The molecule has 72 valence electrons. The minimum absolute atomic E-state index is 0.581. The molecule has 1 atom stereocenters. The minimum atomic E-state index is 0.581. The normalized spacial score (nSPS) is 22.2. The molecule has 0 aromatic heterocycles. The van der Waals surface area contributed by atoms with Crippen molar-refractivity contribution in [2.24, 2.45) is 11.3 Å². The van der Waals surface area contributed by atoms with Gasteiger partial charge in [-0.05, 0) is 49.7 Å². The predicted octanol–water partition coefficient (Wildman–Crippen LogP) is 2.38. The Labute approximate surface area is 80.7 Å². The van der Waals surface area contributed by atoms with Crippen molar-refractivity contribution in [1.82, 2.24) is 5.32 Å². The van der Waals surface area contributed by atoms with Crippen LogP contribution < -0.4 is 5.32 Å². The van der Waals surface area contributed by atoms with E-state index in [1.165, 1.54) is 31.6 Å². The molecule has 1 N–H and O–H groups in total. The second-order valence-electron chi connectivity index (χ2n) is 4.20. The summed E-state index contributed by atoms with van der Waals surface area (Å²) in [6.07, 6.45) is 6.51. The van der Waals surface area contributed by atoms with Gasteiger partial charge in [0.05, 0.1) is 0 Å². The van der Waals surface area contributed by atoms with Gasteiger partial charge in [-0.3, -0.25) is 0 Å². The van der Waals surface area contributed by atoms with E-state index in [2.05, 4.69) is 25.5 Å². The molecule has 2 heteroatoms. The summed E-state index contributed by atoms with van der Waals surface area (Å²) in [6, 6.07) is 0. The van der Waals surface area contributed by atoms with Crippen LogP contribution in [0.2, 0.25) is 0 Å². The molecule has 1 unspecified atom stereocenters. The highest BCUT2D eigenvalue weighted by Crippen LogP contribution is 2.47. The Bertz CT molecular complexity index is 134. The van der Waals surface area contributed by atoms with Crippen molar-refractivity contribution in [3.8, 4) is 0 Å². The van der Waals surface area contributed by atoms with Crippen molar-refractivity contribution in [1.29, 1.82) is 0 Å². The second kappa shape index (κ2) is 4.52. The molecule has 0 heterocycles. The summed E-state index contributed by atoms with van der Waals surface area (Å²) < 4.78 is 0. The largest absolute Gasteiger partial charge is 0.319 e. The third-order valence-corrected chi connectivity index (χ3v) is 3.63. The number of hydrogen-bond donors (Lipinski definition) is 1. The first-order valence-corrected chi connectivity index (χ1v) is 6.26. The molecular weight excluding hydrogens is 166 g/mol. The summed E-state index contributed by atoms with van der Waals surface area (Å²) in [5.41, 5.74) is 0.581. The van der Waals surface area contributed by atoms with E-state index >= 15 is 0 Å². The van der Waals surface area contributed by atoms with Crippen LogP contribution in [0.15, 0.2) is 0 Å². The van der Waals surface area contributed by atoms with Gasteiger partial charge in [0.15, 0.2) is 0 Å². The van der Waals surface area contributed by atoms with Crippen LogP contribution in [-0.2, 0) is 0 Å². The topological polar surface area (TPSA) is 12.0 Å². The van der Waals surface area contributed by atoms with Crippen molar-refractivity contribution in [2.45, 2.75) is 26.2 Å². The average molecular weight is 187 g/mol. The summed E-state index contributed by atoms with van der Waals surface area (Å²) in [5.74, 6) is 2.33. The third-order valence-electron chi connectivity index (χ3n) is 3.02. The van der Waals surface area contributed by atoms with Gasteiger partial charge >= 0.3 is 0 Å². The fourth-order valence-electron chi connectivity index (χ4n) is 1.96. The van der Waals surface area contributed by atoms with E-state index in [4.69, 9.17) is 0 Å². The van der Waals surface area contributed by atoms with Crippen molar-refractivity contribution < 1.29 is 0 Å². The number of thioether (sulfide) groups is 1. The molecule has 0 aromatic rings. The van der Waals surface area contributed by atoms with E-state index in [1.54, 1.807) is 0 Å². The van der Waals surface area contributed by atoms with E-state index in [0.29, 0.717) is 5.41 Å².